The number of rotatable bonds is 5. The van der Waals surface area contributed by atoms with Gasteiger partial charge in [-0.05, 0) is 36.6 Å². The van der Waals surface area contributed by atoms with Gasteiger partial charge >= 0.3 is 5.97 Å². The van der Waals surface area contributed by atoms with E-state index in [1.54, 1.807) is 30.5 Å². The first-order valence-corrected chi connectivity index (χ1v) is 7.91. The van der Waals surface area contributed by atoms with E-state index in [-0.39, 0.29) is 30.8 Å². The standard InChI is InChI=1S/C19H17FN2O3/c1-13-6-8-17-21-15(10-18(23)22(17)11-13)12-25-19(24)9-7-14-4-2-3-5-16(14)20/h2-6,8,10-11H,7,9,12H2,1H3. The van der Waals surface area contributed by atoms with E-state index < -0.39 is 5.97 Å². The van der Waals surface area contributed by atoms with Gasteiger partial charge in [0.15, 0.2) is 0 Å². The molecule has 0 aliphatic carbocycles. The predicted molar refractivity (Wildman–Crippen MR) is 90.7 cm³/mol. The van der Waals surface area contributed by atoms with Crippen LogP contribution in [0.1, 0.15) is 23.2 Å². The molecule has 0 unspecified atom stereocenters. The third-order valence-electron chi connectivity index (χ3n) is 3.80. The van der Waals surface area contributed by atoms with E-state index in [1.165, 1.54) is 16.5 Å². The van der Waals surface area contributed by atoms with Crippen molar-refractivity contribution in [2.24, 2.45) is 0 Å². The molecule has 2 aromatic heterocycles. The summed E-state index contributed by atoms with van der Waals surface area (Å²) in [7, 11) is 0. The first-order chi connectivity index (χ1) is 12.0. The first-order valence-electron chi connectivity index (χ1n) is 7.91. The van der Waals surface area contributed by atoms with Crippen LogP contribution >= 0.6 is 0 Å². The average Bonchev–Trinajstić information content (AvgIpc) is 2.60. The summed E-state index contributed by atoms with van der Waals surface area (Å²) in [5.41, 5.74) is 2.07. The molecule has 6 heteroatoms. The Kier molecular flexibility index (Phi) is 4.88. The first kappa shape index (κ1) is 16.8. The second-order valence-corrected chi connectivity index (χ2v) is 5.77. The molecule has 0 aliphatic heterocycles. The summed E-state index contributed by atoms with van der Waals surface area (Å²) in [5.74, 6) is -0.802. The Hall–Kier alpha value is -3.02. The zero-order valence-corrected chi connectivity index (χ0v) is 13.7. The molecule has 0 spiro atoms. The summed E-state index contributed by atoms with van der Waals surface area (Å²) in [5, 5.41) is 0. The summed E-state index contributed by atoms with van der Waals surface area (Å²) in [6, 6.07) is 11.2. The number of aromatic nitrogens is 2. The number of carbonyl (C=O) groups is 1. The van der Waals surface area contributed by atoms with Gasteiger partial charge in [-0.25, -0.2) is 9.37 Å². The molecule has 0 radical (unpaired) electrons. The van der Waals surface area contributed by atoms with Crippen molar-refractivity contribution in [3.63, 3.8) is 0 Å². The molecule has 0 N–H and O–H groups in total. The Balaban J connectivity index is 1.62. The number of nitrogens with zero attached hydrogens (tertiary/aromatic N) is 2. The molecule has 0 aliphatic rings. The van der Waals surface area contributed by atoms with Gasteiger partial charge < -0.3 is 4.74 Å². The number of esters is 1. The average molecular weight is 340 g/mol. The number of hydrogen-bond donors (Lipinski definition) is 0. The van der Waals surface area contributed by atoms with E-state index in [4.69, 9.17) is 4.74 Å². The van der Waals surface area contributed by atoms with Crippen LogP contribution in [0.2, 0.25) is 0 Å². The maximum Gasteiger partial charge on any atom is 0.306 e. The number of ether oxygens (including phenoxy) is 1. The van der Waals surface area contributed by atoms with Gasteiger partial charge in [-0.15, -0.1) is 0 Å². The molecular weight excluding hydrogens is 323 g/mol. The smallest absolute Gasteiger partial charge is 0.306 e. The molecular formula is C19H17FN2O3. The van der Waals surface area contributed by atoms with Crippen molar-refractivity contribution in [2.45, 2.75) is 26.4 Å². The molecule has 0 fully saturated rings. The molecule has 5 nitrogen and oxygen atoms in total. The fraction of sp³-hybridized carbons (Fsp3) is 0.211. The second-order valence-electron chi connectivity index (χ2n) is 5.77. The number of carbonyl (C=O) groups excluding carboxylic acids is 1. The van der Waals surface area contributed by atoms with Gasteiger partial charge in [0.05, 0.1) is 5.69 Å². The fourth-order valence-electron chi connectivity index (χ4n) is 2.50. The largest absolute Gasteiger partial charge is 0.459 e. The molecule has 2 heterocycles. The molecule has 0 saturated heterocycles. The number of aryl methyl sites for hydroxylation is 2. The van der Waals surface area contributed by atoms with Crippen LogP contribution in [0, 0.1) is 12.7 Å². The molecule has 128 valence electrons. The van der Waals surface area contributed by atoms with Crippen LogP contribution in [-0.2, 0) is 22.6 Å². The van der Waals surface area contributed by atoms with Crippen molar-refractivity contribution in [3.05, 3.63) is 81.7 Å². The van der Waals surface area contributed by atoms with Crippen LogP contribution in [0.3, 0.4) is 0 Å². The van der Waals surface area contributed by atoms with Crippen LogP contribution in [-0.4, -0.2) is 15.4 Å². The number of fused-ring (bicyclic) bond motifs is 1. The summed E-state index contributed by atoms with van der Waals surface area (Å²) < 4.78 is 20.1. The highest BCUT2D eigenvalue weighted by molar-refractivity contribution is 5.69. The fourth-order valence-corrected chi connectivity index (χ4v) is 2.50. The molecule has 0 saturated carbocycles. The third-order valence-corrected chi connectivity index (χ3v) is 3.80. The van der Waals surface area contributed by atoms with Gasteiger partial charge in [0.2, 0.25) is 0 Å². The van der Waals surface area contributed by atoms with Crippen LogP contribution < -0.4 is 5.56 Å². The highest BCUT2D eigenvalue weighted by Gasteiger charge is 2.09. The van der Waals surface area contributed by atoms with Gasteiger partial charge in [0.1, 0.15) is 18.1 Å². The van der Waals surface area contributed by atoms with Crippen LogP contribution in [0.25, 0.3) is 5.65 Å². The topological polar surface area (TPSA) is 60.7 Å². The Morgan fingerprint density at radius 1 is 1.24 bits per heavy atom. The highest BCUT2D eigenvalue weighted by atomic mass is 19.1. The van der Waals surface area contributed by atoms with Crippen LogP contribution in [0.5, 0.6) is 0 Å². The zero-order chi connectivity index (χ0) is 17.8. The monoisotopic (exact) mass is 340 g/mol. The molecule has 3 aromatic rings. The highest BCUT2D eigenvalue weighted by Crippen LogP contribution is 2.10. The summed E-state index contributed by atoms with van der Waals surface area (Å²) in [6.07, 6.45) is 2.03. The van der Waals surface area contributed by atoms with E-state index in [9.17, 15) is 14.0 Å². The minimum Gasteiger partial charge on any atom is -0.459 e. The lowest BCUT2D eigenvalue weighted by molar-refractivity contribution is -0.145. The summed E-state index contributed by atoms with van der Waals surface area (Å²) in [6.45, 7) is 1.80. The number of benzene rings is 1. The van der Waals surface area contributed by atoms with Gasteiger partial charge in [-0.3, -0.25) is 14.0 Å². The van der Waals surface area contributed by atoms with E-state index in [0.717, 1.165) is 5.56 Å². The SMILES string of the molecule is Cc1ccc2nc(COC(=O)CCc3ccccc3F)cc(=O)n2c1. The normalized spacial score (nSPS) is 10.8. The number of pyridine rings is 1. The Bertz CT molecular complexity index is 982. The van der Waals surface area contributed by atoms with Gasteiger partial charge in [0, 0.05) is 18.7 Å². The van der Waals surface area contributed by atoms with E-state index in [0.29, 0.717) is 16.9 Å². The molecule has 0 amide bonds. The van der Waals surface area contributed by atoms with E-state index in [1.807, 2.05) is 13.0 Å². The Morgan fingerprint density at radius 2 is 2.04 bits per heavy atom. The predicted octanol–water partition coefficient (Wildman–Crippen LogP) is 2.82. The quantitative estimate of drug-likeness (QED) is 0.670. The van der Waals surface area contributed by atoms with E-state index >= 15 is 0 Å². The van der Waals surface area contributed by atoms with Crippen molar-refractivity contribution < 1.29 is 13.9 Å². The van der Waals surface area contributed by atoms with Crippen molar-refractivity contribution in [1.82, 2.24) is 9.38 Å². The van der Waals surface area contributed by atoms with Gasteiger partial charge in [0.25, 0.3) is 5.56 Å². The zero-order valence-electron chi connectivity index (χ0n) is 13.7. The third kappa shape index (κ3) is 4.09. The minimum absolute atomic E-state index is 0.0622. The minimum atomic E-state index is -0.464. The lowest BCUT2D eigenvalue weighted by Gasteiger charge is -2.07. The molecule has 25 heavy (non-hydrogen) atoms. The molecule has 1 aromatic carbocycles. The Labute approximate surface area is 143 Å². The lowest BCUT2D eigenvalue weighted by Crippen LogP contribution is -2.17. The summed E-state index contributed by atoms with van der Waals surface area (Å²) >= 11 is 0. The maximum atomic E-state index is 13.5. The lowest BCUT2D eigenvalue weighted by atomic mass is 10.1. The van der Waals surface area contributed by atoms with Crippen molar-refractivity contribution in [3.8, 4) is 0 Å². The summed E-state index contributed by atoms with van der Waals surface area (Å²) in [4.78, 5) is 28.2. The van der Waals surface area contributed by atoms with Crippen molar-refractivity contribution in [1.29, 1.82) is 0 Å². The van der Waals surface area contributed by atoms with Gasteiger partial charge in [-0.1, -0.05) is 24.3 Å². The molecule has 3 rings (SSSR count). The number of halogens is 1. The van der Waals surface area contributed by atoms with Crippen molar-refractivity contribution >= 4 is 11.6 Å². The van der Waals surface area contributed by atoms with Gasteiger partial charge in [-0.2, -0.15) is 0 Å². The van der Waals surface area contributed by atoms with Crippen molar-refractivity contribution in [2.75, 3.05) is 0 Å². The molecule has 0 atom stereocenters. The van der Waals surface area contributed by atoms with Crippen LogP contribution in [0.4, 0.5) is 4.39 Å². The Morgan fingerprint density at radius 3 is 2.84 bits per heavy atom. The van der Waals surface area contributed by atoms with E-state index in [2.05, 4.69) is 4.98 Å². The molecule has 0 bridgehead atoms. The van der Waals surface area contributed by atoms with Crippen LogP contribution in [0.15, 0.2) is 53.5 Å². The maximum absolute atomic E-state index is 13.5. The number of hydrogen-bond acceptors (Lipinski definition) is 4. The second kappa shape index (κ2) is 7.25.